The minimum Gasteiger partial charge on any atom is -0.493 e. The average molecular weight is 441 g/mol. The summed E-state index contributed by atoms with van der Waals surface area (Å²) in [7, 11) is 0. The molecule has 4 rings (SSSR count). The number of carbonyl (C=O) groups is 1. The number of hydrogen-bond acceptors (Lipinski definition) is 7. The lowest BCUT2D eigenvalue weighted by atomic mass is 10.2. The van der Waals surface area contributed by atoms with E-state index in [1.165, 1.54) is 5.56 Å². The number of nitrogens with two attached hydrogens (primary N) is 2. The molecule has 0 fully saturated rings. The molecule has 0 saturated carbocycles. The van der Waals surface area contributed by atoms with Gasteiger partial charge in [-0.15, -0.1) is 0 Å². The summed E-state index contributed by atoms with van der Waals surface area (Å²) in [6, 6.07) is 26.0. The second-order valence-corrected chi connectivity index (χ2v) is 7.24. The third-order valence-corrected chi connectivity index (χ3v) is 4.94. The third-order valence-electron chi connectivity index (χ3n) is 4.94. The van der Waals surface area contributed by atoms with Gasteiger partial charge < -0.3 is 21.2 Å². The van der Waals surface area contributed by atoms with Crippen molar-refractivity contribution in [2.45, 2.75) is 6.42 Å². The number of hydrazine groups is 1. The van der Waals surface area contributed by atoms with Crippen molar-refractivity contribution in [2.24, 2.45) is 5.84 Å². The van der Waals surface area contributed by atoms with E-state index >= 15 is 0 Å². The molecule has 0 aliphatic heterocycles. The van der Waals surface area contributed by atoms with Crippen LogP contribution >= 0.6 is 0 Å². The Morgan fingerprint density at radius 3 is 2.33 bits per heavy atom. The fourth-order valence-corrected chi connectivity index (χ4v) is 3.20. The predicted molar refractivity (Wildman–Crippen MR) is 130 cm³/mol. The molecule has 0 unspecified atom stereocenters. The lowest BCUT2D eigenvalue weighted by Crippen LogP contribution is -2.14. The largest absolute Gasteiger partial charge is 0.493 e. The molecular formula is C25H24N6O2. The molecule has 8 heteroatoms. The van der Waals surface area contributed by atoms with Gasteiger partial charge in [-0.05, 0) is 54.1 Å². The highest BCUT2D eigenvalue weighted by Crippen LogP contribution is 2.22. The zero-order valence-corrected chi connectivity index (χ0v) is 17.9. The van der Waals surface area contributed by atoms with Gasteiger partial charge in [0.25, 0.3) is 5.91 Å². The summed E-state index contributed by atoms with van der Waals surface area (Å²) in [4.78, 5) is 21.4. The number of nitrogens with zero attached hydrogens (tertiary/aromatic N) is 2. The van der Waals surface area contributed by atoms with Crippen LogP contribution in [-0.2, 0) is 6.42 Å². The van der Waals surface area contributed by atoms with Crippen LogP contribution in [0.4, 0.5) is 17.2 Å². The minimum atomic E-state index is -0.331. The Balaban J connectivity index is 1.37. The quantitative estimate of drug-likeness (QED) is 0.242. The Kier molecular flexibility index (Phi) is 6.77. The molecule has 0 aliphatic carbocycles. The molecule has 0 radical (unpaired) electrons. The van der Waals surface area contributed by atoms with Gasteiger partial charge in [0, 0.05) is 12.1 Å². The molecule has 2 heterocycles. The highest BCUT2D eigenvalue weighted by Gasteiger charge is 2.11. The summed E-state index contributed by atoms with van der Waals surface area (Å²) in [6.07, 6.45) is 0.827. The SMILES string of the molecule is NNc1ccc(-c2cccc(C(=O)Nc3ccc(OCCc4ccccc4)cc3)n2)nc1N. The molecular weight excluding hydrogens is 416 g/mol. The van der Waals surface area contributed by atoms with Crippen molar-refractivity contribution >= 4 is 23.1 Å². The highest BCUT2D eigenvalue weighted by atomic mass is 16.5. The number of anilines is 3. The summed E-state index contributed by atoms with van der Waals surface area (Å²) in [5, 5.41) is 2.85. The summed E-state index contributed by atoms with van der Waals surface area (Å²) in [6.45, 7) is 0.577. The van der Waals surface area contributed by atoms with Crippen LogP contribution in [0.2, 0.25) is 0 Å². The van der Waals surface area contributed by atoms with E-state index in [2.05, 4.69) is 32.8 Å². The topological polar surface area (TPSA) is 128 Å². The average Bonchev–Trinajstić information content (AvgIpc) is 2.86. The van der Waals surface area contributed by atoms with E-state index in [1.807, 2.05) is 30.3 Å². The number of amides is 1. The first-order valence-corrected chi connectivity index (χ1v) is 10.4. The van der Waals surface area contributed by atoms with Crippen molar-refractivity contribution in [3.8, 4) is 17.1 Å². The fourth-order valence-electron chi connectivity index (χ4n) is 3.20. The van der Waals surface area contributed by atoms with E-state index < -0.39 is 0 Å². The first kappa shape index (κ1) is 21.8. The van der Waals surface area contributed by atoms with Crippen molar-refractivity contribution in [1.82, 2.24) is 9.97 Å². The number of carbonyl (C=O) groups excluding carboxylic acids is 1. The molecule has 0 spiro atoms. The van der Waals surface area contributed by atoms with Gasteiger partial charge in [-0.25, -0.2) is 9.97 Å². The molecule has 2 aromatic carbocycles. The highest BCUT2D eigenvalue weighted by molar-refractivity contribution is 6.03. The van der Waals surface area contributed by atoms with Gasteiger partial charge in [-0.2, -0.15) is 0 Å². The molecule has 166 valence electrons. The van der Waals surface area contributed by atoms with Gasteiger partial charge in [0.15, 0.2) is 0 Å². The Morgan fingerprint density at radius 2 is 1.61 bits per heavy atom. The van der Waals surface area contributed by atoms with Crippen LogP contribution in [-0.4, -0.2) is 22.5 Å². The van der Waals surface area contributed by atoms with E-state index in [-0.39, 0.29) is 17.4 Å². The zero-order chi connectivity index (χ0) is 23.0. The molecule has 6 N–H and O–H groups in total. The van der Waals surface area contributed by atoms with Crippen molar-refractivity contribution in [3.05, 3.63) is 96.2 Å². The van der Waals surface area contributed by atoms with Gasteiger partial charge in [0.2, 0.25) is 0 Å². The van der Waals surface area contributed by atoms with E-state index in [0.29, 0.717) is 29.4 Å². The second-order valence-electron chi connectivity index (χ2n) is 7.24. The summed E-state index contributed by atoms with van der Waals surface area (Å²) in [5.74, 6) is 6.04. The normalized spacial score (nSPS) is 10.5. The number of nitrogen functional groups attached to an aromatic ring is 2. The van der Waals surface area contributed by atoms with Crippen LogP contribution in [0, 0.1) is 0 Å². The maximum Gasteiger partial charge on any atom is 0.274 e. The smallest absolute Gasteiger partial charge is 0.274 e. The maximum absolute atomic E-state index is 12.7. The minimum absolute atomic E-state index is 0.248. The number of pyridine rings is 2. The molecule has 4 aromatic rings. The van der Waals surface area contributed by atoms with E-state index in [4.69, 9.17) is 16.3 Å². The van der Waals surface area contributed by atoms with Crippen LogP contribution in [0.1, 0.15) is 16.1 Å². The van der Waals surface area contributed by atoms with Crippen molar-refractivity contribution < 1.29 is 9.53 Å². The molecule has 0 atom stereocenters. The van der Waals surface area contributed by atoms with Gasteiger partial charge >= 0.3 is 0 Å². The van der Waals surface area contributed by atoms with Crippen LogP contribution in [0.3, 0.4) is 0 Å². The zero-order valence-electron chi connectivity index (χ0n) is 17.9. The Morgan fingerprint density at radius 1 is 0.848 bits per heavy atom. The van der Waals surface area contributed by atoms with Gasteiger partial charge in [0.05, 0.1) is 23.7 Å². The second kappa shape index (κ2) is 10.3. The van der Waals surface area contributed by atoms with E-state index in [0.717, 1.165) is 12.2 Å². The first-order chi connectivity index (χ1) is 16.1. The molecule has 1 amide bonds. The lowest BCUT2D eigenvalue weighted by Gasteiger charge is -2.09. The molecule has 8 nitrogen and oxygen atoms in total. The fraction of sp³-hybridized carbons (Fsp3) is 0.0800. The van der Waals surface area contributed by atoms with Crippen LogP contribution < -0.4 is 27.1 Å². The van der Waals surface area contributed by atoms with Crippen LogP contribution in [0.15, 0.2) is 84.9 Å². The molecule has 0 aliphatic rings. The first-order valence-electron chi connectivity index (χ1n) is 10.4. The number of aromatic nitrogens is 2. The molecule has 33 heavy (non-hydrogen) atoms. The lowest BCUT2D eigenvalue weighted by molar-refractivity contribution is 0.102. The number of rotatable bonds is 8. The van der Waals surface area contributed by atoms with E-state index in [9.17, 15) is 4.79 Å². The van der Waals surface area contributed by atoms with Crippen molar-refractivity contribution in [2.75, 3.05) is 23.1 Å². The summed E-state index contributed by atoms with van der Waals surface area (Å²) in [5.41, 5.74) is 12.1. The molecule has 2 aromatic heterocycles. The monoisotopic (exact) mass is 440 g/mol. The number of ether oxygens (including phenoxy) is 1. The van der Waals surface area contributed by atoms with Crippen LogP contribution in [0.5, 0.6) is 5.75 Å². The van der Waals surface area contributed by atoms with Crippen molar-refractivity contribution in [3.63, 3.8) is 0 Å². The predicted octanol–water partition coefficient (Wildman–Crippen LogP) is 3.89. The third kappa shape index (κ3) is 5.63. The van der Waals surface area contributed by atoms with Crippen molar-refractivity contribution in [1.29, 1.82) is 0 Å². The van der Waals surface area contributed by atoms with Crippen LogP contribution in [0.25, 0.3) is 11.4 Å². The van der Waals surface area contributed by atoms with Gasteiger partial charge in [0.1, 0.15) is 17.3 Å². The Labute approximate surface area is 191 Å². The summed E-state index contributed by atoms with van der Waals surface area (Å²) >= 11 is 0. The van der Waals surface area contributed by atoms with Gasteiger partial charge in [-0.1, -0.05) is 36.4 Å². The molecule has 0 saturated heterocycles. The Hall–Kier alpha value is -4.43. The number of hydrogen-bond donors (Lipinski definition) is 4. The van der Waals surface area contributed by atoms with Gasteiger partial charge in [-0.3, -0.25) is 10.6 Å². The Bertz CT molecular complexity index is 1230. The standard InChI is InChI=1S/C25H24N6O2/c26-24-22(31-27)14-13-21(30-24)20-7-4-8-23(29-20)25(32)28-18-9-11-19(12-10-18)33-16-15-17-5-2-1-3-6-17/h1-14,31H,15-16,27H2,(H2,26,30)(H,28,32). The number of benzene rings is 2. The number of nitrogens with one attached hydrogen (secondary N) is 2. The maximum atomic E-state index is 12.7. The summed E-state index contributed by atoms with van der Waals surface area (Å²) < 4.78 is 5.79. The van der Waals surface area contributed by atoms with E-state index in [1.54, 1.807) is 42.5 Å². The molecule has 0 bridgehead atoms.